The van der Waals surface area contributed by atoms with Crippen LogP contribution in [0.15, 0.2) is 24.3 Å². The fraction of sp³-hybridized carbons (Fsp3) is 0.619. The monoisotopic (exact) mass is 405 g/mol. The molecule has 4 aliphatic carbocycles. The molecule has 0 aromatic heterocycles. The first-order valence-electron chi connectivity index (χ1n) is 9.97. The van der Waals surface area contributed by atoms with E-state index >= 15 is 0 Å². The van der Waals surface area contributed by atoms with Crippen LogP contribution in [0.3, 0.4) is 0 Å². The van der Waals surface area contributed by atoms with E-state index in [1.165, 1.54) is 31.4 Å². The molecule has 1 aromatic rings. The predicted molar refractivity (Wildman–Crippen MR) is 105 cm³/mol. The van der Waals surface area contributed by atoms with Crippen molar-refractivity contribution in [3.05, 3.63) is 29.8 Å². The summed E-state index contributed by atoms with van der Waals surface area (Å²) in [5.74, 6) is 1.26. The Bertz CT molecular complexity index is 872. The number of nitrogens with one attached hydrogen (secondary N) is 1. The van der Waals surface area contributed by atoms with Gasteiger partial charge in [0.15, 0.2) is 11.9 Å². The highest BCUT2D eigenvalue weighted by atomic mass is 32.2. The van der Waals surface area contributed by atoms with Crippen LogP contribution in [0.4, 0.5) is 5.69 Å². The van der Waals surface area contributed by atoms with Crippen molar-refractivity contribution in [3.8, 4) is 0 Å². The minimum Gasteiger partial charge on any atom is -0.451 e. The average Bonchev–Trinajstić information content (AvgIpc) is 2.58. The van der Waals surface area contributed by atoms with Crippen molar-refractivity contribution in [2.75, 3.05) is 11.0 Å². The second-order valence-electron chi connectivity index (χ2n) is 9.03. The fourth-order valence-corrected chi connectivity index (χ4v) is 6.65. The van der Waals surface area contributed by atoms with Gasteiger partial charge in [-0.25, -0.2) is 13.2 Å². The lowest BCUT2D eigenvalue weighted by molar-refractivity contribution is -0.152. The lowest BCUT2D eigenvalue weighted by Gasteiger charge is -2.56. The molecule has 152 valence electrons. The lowest BCUT2D eigenvalue weighted by Crippen LogP contribution is -2.52. The van der Waals surface area contributed by atoms with E-state index in [2.05, 4.69) is 4.72 Å². The number of para-hydroxylation sites is 1. The Morgan fingerprint density at radius 3 is 2.14 bits per heavy atom. The number of carbonyl (C=O) groups is 2. The summed E-state index contributed by atoms with van der Waals surface area (Å²) in [5, 5.41) is 0. The molecule has 0 unspecified atom stereocenters. The summed E-state index contributed by atoms with van der Waals surface area (Å²) in [6, 6.07) is 6.27. The first-order chi connectivity index (χ1) is 13.2. The van der Waals surface area contributed by atoms with Crippen molar-refractivity contribution in [2.45, 2.75) is 51.6 Å². The number of hydrogen-bond donors (Lipinski definition) is 1. The minimum atomic E-state index is -3.53. The second kappa shape index (κ2) is 6.87. The Balaban J connectivity index is 1.49. The molecule has 0 saturated heterocycles. The van der Waals surface area contributed by atoms with E-state index in [1.807, 2.05) is 0 Å². The van der Waals surface area contributed by atoms with Crippen LogP contribution in [-0.4, -0.2) is 32.5 Å². The zero-order valence-electron chi connectivity index (χ0n) is 16.3. The molecule has 5 rings (SSSR count). The molecule has 0 aliphatic heterocycles. The number of hydrogen-bond acceptors (Lipinski definition) is 5. The Morgan fingerprint density at radius 2 is 1.61 bits per heavy atom. The molecule has 4 saturated carbocycles. The van der Waals surface area contributed by atoms with Gasteiger partial charge in [-0.2, -0.15) is 0 Å². The normalized spacial score (nSPS) is 32.0. The first kappa shape index (κ1) is 19.4. The summed E-state index contributed by atoms with van der Waals surface area (Å²) in [6.45, 7) is 1.64. The Kier molecular flexibility index (Phi) is 4.76. The molecule has 4 fully saturated rings. The molecule has 0 spiro atoms. The van der Waals surface area contributed by atoms with Crippen LogP contribution in [0.25, 0.3) is 0 Å². The number of anilines is 1. The van der Waals surface area contributed by atoms with Gasteiger partial charge in [0.1, 0.15) is 0 Å². The minimum absolute atomic E-state index is 0.0357. The van der Waals surface area contributed by atoms with Crippen molar-refractivity contribution in [2.24, 2.45) is 23.2 Å². The average molecular weight is 406 g/mol. The molecular weight excluding hydrogens is 378 g/mol. The summed E-state index contributed by atoms with van der Waals surface area (Å²) in [5.41, 5.74) is -0.0681. The van der Waals surface area contributed by atoms with Gasteiger partial charge < -0.3 is 4.74 Å². The maximum absolute atomic E-state index is 13.3. The van der Waals surface area contributed by atoms with E-state index in [0.29, 0.717) is 17.8 Å². The molecule has 28 heavy (non-hydrogen) atoms. The Labute approximate surface area is 166 Å². The number of rotatable bonds is 6. The van der Waals surface area contributed by atoms with Gasteiger partial charge in [0.05, 0.1) is 17.5 Å². The highest BCUT2D eigenvalue weighted by Crippen LogP contribution is 2.60. The van der Waals surface area contributed by atoms with Crippen LogP contribution in [0.5, 0.6) is 0 Å². The predicted octanol–water partition coefficient (Wildman–Crippen LogP) is 3.39. The van der Waals surface area contributed by atoms with Gasteiger partial charge in [-0.1, -0.05) is 12.1 Å². The standard InChI is InChI=1S/C21H27NO5S/c1-13(19(23)21-10-14-7-15(11-21)9-16(8-14)12-21)27-20(24)17-5-3-4-6-18(17)22-28(2,25)26/h3-6,13-16,22H,7-12H2,1-2H3/t13-,14?,15?,16?,21?/m0/s1. The van der Waals surface area contributed by atoms with Crippen molar-refractivity contribution >= 4 is 27.5 Å². The molecule has 6 nitrogen and oxygen atoms in total. The van der Waals surface area contributed by atoms with Crippen molar-refractivity contribution < 1.29 is 22.7 Å². The largest absolute Gasteiger partial charge is 0.451 e. The van der Waals surface area contributed by atoms with Gasteiger partial charge in [-0.05, 0) is 75.3 Å². The fourth-order valence-electron chi connectivity index (χ4n) is 6.07. The van der Waals surface area contributed by atoms with Crippen LogP contribution < -0.4 is 4.72 Å². The summed E-state index contributed by atoms with van der Waals surface area (Å²) < 4.78 is 30.9. The smallest absolute Gasteiger partial charge is 0.340 e. The van der Waals surface area contributed by atoms with E-state index in [0.717, 1.165) is 25.5 Å². The van der Waals surface area contributed by atoms with Crippen LogP contribution >= 0.6 is 0 Å². The number of benzene rings is 1. The van der Waals surface area contributed by atoms with E-state index in [9.17, 15) is 18.0 Å². The van der Waals surface area contributed by atoms with E-state index in [4.69, 9.17) is 4.74 Å². The molecule has 1 atom stereocenters. The molecule has 0 heterocycles. The summed E-state index contributed by atoms with van der Waals surface area (Å²) in [4.78, 5) is 26.0. The molecule has 7 heteroatoms. The summed E-state index contributed by atoms with van der Waals surface area (Å²) in [7, 11) is -3.53. The van der Waals surface area contributed by atoms with Crippen molar-refractivity contribution in [1.29, 1.82) is 0 Å². The van der Waals surface area contributed by atoms with Crippen LogP contribution in [0.2, 0.25) is 0 Å². The Morgan fingerprint density at radius 1 is 1.07 bits per heavy atom. The molecule has 1 N–H and O–H groups in total. The molecular formula is C21H27NO5S. The van der Waals surface area contributed by atoms with Gasteiger partial charge in [-0.15, -0.1) is 0 Å². The molecule has 1 aromatic carbocycles. The van der Waals surface area contributed by atoms with Gasteiger partial charge in [0.2, 0.25) is 10.0 Å². The lowest BCUT2D eigenvalue weighted by atomic mass is 9.48. The molecule has 0 radical (unpaired) electrons. The number of carbonyl (C=O) groups excluding carboxylic acids is 2. The third-order valence-electron chi connectivity index (χ3n) is 6.66. The number of sulfonamides is 1. The summed E-state index contributed by atoms with van der Waals surface area (Å²) >= 11 is 0. The van der Waals surface area contributed by atoms with E-state index < -0.39 is 22.1 Å². The highest BCUT2D eigenvalue weighted by Gasteiger charge is 2.55. The maximum atomic E-state index is 13.3. The van der Waals surface area contributed by atoms with Gasteiger partial charge in [0.25, 0.3) is 0 Å². The van der Waals surface area contributed by atoms with E-state index in [-0.39, 0.29) is 22.4 Å². The first-order valence-corrected chi connectivity index (χ1v) is 11.9. The summed E-state index contributed by atoms with van der Waals surface area (Å²) in [6.07, 6.45) is 6.68. The van der Waals surface area contributed by atoms with E-state index in [1.54, 1.807) is 19.1 Å². The number of esters is 1. The SMILES string of the molecule is C[C@H](OC(=O)c1ccccc1NS(C)(=O)=O)C(=O)C12CC3CC(CC(C3)C1)C2. The maximum Gasteiger partial charge on any atom is 0.340 e. The van der Waals surface area contributed by atoms with Gasteiger partial charge >= 0.3 is 5.97 Å². The Hall–Kier alpha value is -1.89. The number of ketones is 1. The topological polar surface area (TPSA) is 89.5 Å². The third-order valence-corrected chi connectivity index (χ3v) is 7.25. The zero-order valence-corrected chi connectivity index (χ0v) is 17.1. The molecule has 4 aliphatic rings. The highest BCUT2D eigenvalue weighted by molar-refractivity contribution is 7.92. The van der Waals surface area contributed by atoms with Crippen molar-refractivity contribution in [1.82, 2.24) is 0 Å². The second-order valence-corrected chi connectivity index (χ2v) is 10.8. The molecule has 0 amide bonds. The number of Topliss-reactive ketones (excluding diaryl/α,β-unsaturated/α-hetero) is 1. The van der Waals surface area contributed by atoms with Crippen LogP contribution in [0.1, 0.15) is 55.8 Å². The third kappa shape index (κ3) is 3.69. The van der Waals surface area contributed by atoms with Gasteiger partial charge in [0, 0.05) is 5.41 Å². The van der Waals surface area contributed by atoms with Gasteiger partial charge in [-0.3, -0.25) is 9.52 Å². The van der Waals surface area contributed by atoms with Crippen LogP contribution in [-0.2, 0) is 19.6 Å². The van der Waals surface area contributed by atoms with Crippen molar-refractivity contribution in [3.63, 3.8) is 0 Å². The quantitative estimate of drug-likeness (QED) is 0.733. The molecule has 4 bridgehead atoms. The number of ether oxygens (including phenoxy) is 1. The zero-order chi connectivity index (χ0) is 20.1. The van der Waals surface area contributed by atoms with Crippen LogP contribution in [0, 0.1) is 23.2 Å².